The topological polar surface area (TPSA) is 26.0 Å². The van der Waals surface area contributed by atoms with Crippen LogP contribution >= 0.6 is 0 Å². The van der Waals surface area contributed by atoms with Gasteiger partial charge in [-0.1, -0.05) is 13.8 Å². The zero-order valence-electron chi connectivity index (χ0n) is 11.7. The fraction of sp³-hybridized carbons (Fsp3) is 0.600. The van der Waals surface area contributed by atoms with Crippen molar-refractivity contribution in [1.29, 1.82) is 0 Å². The zero-order valence-corrected chi connectivity index (χ0v) is 11.7. The Morgan fingerprint density at radius 3 is 1.31 bits per heavy atom. The molecule has 0 saturated heterocycles. The molecule has 0 saturated carbocycles. The Balaban J connectivity index is 3.51. The molecule has 1 aromatic carbocycles. The minimum atomic E-state index is 0.151. The van der Waals surface area contributed by atoms with E-state index in [9.17, 15) is 0 Å². The van der Waals surface area contributed by atoms with Crippen LogP contribution in [0.2, 0.25) is 0 Å². The minimum Gasteiger partial charge on any atom is -0.324 e. The van der Waals surface area contributed by atoms with Gasteiger partial charge >= 0.3 is 0 Å². The van der Waals surface area contributed by atoms with Crippen LogP contribution in [0.25, 0.3) is 0 Å². The summed E-state index contributed by atoms with van der Waals surface area (Å²) in [5, 5.41) is 0. The molecular weight excluding hydrogens is 194 g/mol. The molecule has 0 aromatic heterocycles. The van der Waals surface area contributed by atoms with Gasteiger partial charge in [-0.15, -0.1) is 0 Å². The second-order valence-electron chi connectivity index (χ2n) is 5.31. The molecule has 2 N–H and O–H groups in total. The standard InChI is InChI=1S/C15H25N/c1-8(2)15(16)14-12(6)10(4)9(3)11(5)13(14)7/h8,15H,16H2,1-7H3. The molecule has 90 valence electrons. The third-order valence-corrected chi connectivity index (χ3v) is 4.11. The largest absolute Gasteiger partial charge is 0.324 e. The third-order valence-electron chi connectivity index (χ3n) is 4.11. The molecule has 16 heavy (non-hydrogen) atoms. The molecule has 0 amide bonds. The summed E-state index contributed by atoms with van der Waals surface area (Å²) in [6.45, 7) is 15.4. The van der Waals surface area contributed by atoms with Crippen LogP contribution in [0.15, 0.2) is 0 Å². The van der Waals surface area contributed by atoms with E-state index in [1.807, 2.05) is 0 Å². The molecule has 0 aliphatic rings. The Labute approximate surface area is 100 Å². The highest BCUT2D eigenvalue weighted by molar-refractivity contribution is 5.50. The first kappa shape index (κ1) is 13.2. The Hall–Kier alpha value is -0.820. The van der Waals surface area contributed by atoms with E-state index in [4.69, 9.17) is 5.73 Å². The van der Waals surface area contributed by atoms with Gasteiger partial charge < -0.3 is 5.73 Å². The lowest BCUT2D eigenvalue weighted by Crippen LogP contribution is -2.20. The Bertz CT molecular complexity index is 373. The van der Waals surface area contributed by atoms with Crippen molar-refractivity contribution in [2.45, 2.75) is 54.5 Å². The first-order chi connectivity index (χ1) is 7.29. The highest BCUT2D eigenvalue weighted by Gasteiger charge is 2.19. The lowest BCUT2D eigenvalue weighted by atomic mass is 9.83. The average molecular weight is 219 g/mol. The predicted molar refractivity (Wildman–Crippen MR) is 71.9 cm³/mol. The number of nitrogens with two attached hydrogens (primary N) is 1. The van der Waals surface area contributed by atoms with Crippen molar-refractivity contribution in [1.82, 2.24) is 0 Å². The first-order valence-electron chi connectivity index (χ1n) is 6.11. The van der Waals surface area contributed by atoms with Crippen LogP contribution in [0, 0.1) is 40.5 Å². The van der Waals surface area contributed by atoms with Gasteiger partial charge in [-0.2, -0.15) is 0 Å². The Morgan fingerprint density at radius 1 is 0.688 bits per heavy atom. The minimum absolute atomic E-state index is 0.151. The van der Waals surface area contributed by atoms with E-state index in [0.29, 0.717) is 5.92 Å². The van der Waals surface area contributed by atoms with Crippen molar-refractivity contribution < 1.29 is 0 Å². The van der Waals surface area contributed by atoms with Crippen LogP contribution in [0.5, 0.6) is 0 Å². The van der Waals surface area contributed by atoms with Crippen LogP contribution in [-0.2, 0) is 0 Å². The number of hydrogen-bond donors (Lipinski definition) is 1. The third kappa shape index (κ3) is 2.01. The van der Waals surface area contributed by atoms with Gasteiger partial charge in [-0.25, -0.2) is 0 Å². The van der Waals surface area contributed by atoms with E-state index in [1.165, 1.54) is 33.4 Å². The van der Waals surface area contributed by atoms with Crippen molar-refractivity contribution >= 4 is 0 Å². The van der Waals surface area contributed by atoms with Crippen LogP contribution in [-0.4, -0.2) is 0 Å². The molecule has 0 fully saturated rings. The van der Waals surface area contributed by atoms with E-state index in [-0.39, 0.29) is 6.04 Å². The normalized spacial score (nSPS) is 13.3. The van der Waals surface area contributed by atoms with Gasteiger partial charge in [0, 0.05) is 6.04 Å². The van der Waals surface area contributed by atoms with Gasteiger partial charge in [0.2, 0.25) is 0 Å². The molecule has 1 rings (SSSR count). The average Bonchev–Trinajstić information content (AvgIpc) is 2.23. The van der Waals surface area contributed by atoms with Gasteiger partial charge in [0.25, 0.3) is 0 Å². The molecule has 1 unspecified atom stereocenters. The maximum Gasteiger partial charge on any atom is 0.0323 e. The van der Waals surface area contributed by atoms with E-state index >= 15 is 0 Å². The van der Waals surface area contributed by atoms with Crippen molar-refractivity contribution in [3.63, 3.8) is 0 Å². The van der Waals surface area contributed by atoms with Gasteiger partial charge in [0.05, 0.1) is 0 Å². The molecule has 1 nitrogen and oxygen atoms in total. The van der Waals surface area contributed by atoms with Crippen LogP contribution in [0.1, 0.15) is 53.3 Å². The highest BCUT2D eigenvalue weighted by Crippen LogP contribution is 2.32. The predicted octanol–water partition coefficient (Wildman–Crippen LogP) is 3.88. The SMILES string of the molecule is Cc1c(C)c(C)c(C(N)C(C)C)c(C)c1C. The van der Waals surface area contributed by atoms with E-state index in [2.05, 4.69) is 48.5 Å². The fourth-order valence-corrected chi connectivity index (χ4v) is 2.36. The lowest BCUT2D eigenvalue weighted by molar-refractivity contribution is 0.509. The summed E-state index contributed by atoms with van der Waals surface area (Å²) in [5.74, 6) is 0.485. The fourth-order valence-electron chi connectivity index (χ4n) is 2.36. The summed E-state index contributed by atoms with van der Waals surface area (Å²) in [5.41, 5.74) is 14.6. The van der Waals surface area contributed by atoms with E-state index in [0.717, 1.165) is 0 Å². The van der Waals surface area contributed by atoms with Crippen molar-refractivity contribution in [2.75, 3.05) is 0 Å². The van der Waals surface area contributed by atoms with Crippen molar-refractivity contribution in [3.05, 3.63) is 33.4 Å². The second-order valence-corrected chi connectivity index (χ2v) is 5.31. The van der Waals surface area contributed by atoms with Gasteiger partial charge in [-0.3, -0.25) is 0 Å². The maximum absolute atomic E-state index is 6.33. The molecule has 0 aliphatic carbocycles. The van der Waals surface area contributed by atoms with Gasteiger partial charge in [0.15, 0.2) is 0 Å². The smallest absolute Gasteiger partial charge is 0.0323 e. The van der Waals surface area contributed by atoms with E-state index < -0.39 is 0 Å². The van der Waals surface area contributed by atoms with Gasteiger partial charge in [-0.05, 0) is 73.9 Å². The second kappa shape index (κ2) is 4.58. The molecule has 1 heteroatoms. The summed E-state index contributed by atoms with van der Waals surface area (Å²) in [6.07, 6.45) is 0. The maximum atomic E-state index is 6.33. The highest BCUT2D eigenvalue weighted by atomic mass is 14.6. The summed E-state index contributed by atoms with van der Waals surface area (Å²) < 4.78 is 0. The van der Waals surface area contributed by atoms with Gasteiger partial charge in [0.1, 0.15) is 0 Å². The first-order valence-corrected chi connectivity index (χ1v) is 6.11. The quantitative estimate of drug-likeness (QED) is 0.802. The Kier molecular flexibility index (Phi) is 3.80. The summed E-state index contributed by atoms with van der Waals surface area (Å²) in [7, 11) is 0. The molecule has 0 aliphatic heterocycles. The molecule has 1 aromatic rings. The molecule has 0 radical (unpaired) electrons. The van der Waals surface area contributed by atoms with Crippen LogP contribution in [0.3, 0.4) is 0 Å². The number of rotatable bonds is 2. The molecular formula is C15H25N. The lowest BCUT2D eigenvalue weighted by Gasteiger charge is -2.25. The monoisotopic (exact) mass is 219 g/mol. The summed E-state index contributed by atoms with van der Waals surface area (Å²) in [4.78, 5) is 0. The number of hydrogen-bond acceptors (Lipinski definition) is 1. The molecule has 0 spiro atoms. The molecule has 0 bridgehead atoms. The summed E-state index contributed by atoms with van der Waals surface area (Å²) >= 11 is 0. The molecule has 0 heterocycles. The van der Waals surface area contributed by atoms with E-state index in [1.54, 1.807) is 0 Å². The summed E-state index contributed by atoms with van der Waals surface area (Å²) in [6, 6.07) is 0.151. The number of benzene rings is 1. The van der Waals surface area contributed by atoms with Crippen molar-refractivity contribution in [2.24, 2.45) is 11.7 Å². The van der Waals surface area contributed by atoms with Crippen molar-refractivity contribution in [3.8, 4) is 0 Å². The van der Waals surface area contributed by atoms with Crippen LogP contribution < -0.4 is 5.73 Å². The molecule has 1 atom stereocenters. The zero-order chi connectivity index (χ0) is 12.6. The van der Waals surface area contributed by atoms with Crippen LogP contribution in [0.4, 0.5) is 0 Å². The Morgan fingerprint density at radius 2 is 1.00 bits per heavy atom.